The number of benzene rings is 1. The minimum atomic E-state index is -0.149. The SMILES string of the molecule is CNCc1c(F)cccc1N1CCOCC1(C)C. The summed E-state index contributed by atoms with van der Waals surface area (Å²) in [4.78, 5) is 2.24. The Balaban J connectivity index is 2.40. The van der Waals surface area contributed by atoms with Crippen LogP contribution in [0, 0.1) is 5.82 Å². The van der Waals surface area contributed by atoms with Crippen LogP contribution in [0.4, 0.5) is 10.1 Å². The maximum absolute atomic E-state index is 13.9. The Labute approximate surface area is 108 Å². The number of halogens is 1. The van der Waals surface area contributed by atoms with E-state index >= 15 is 0 Å². The first kappa shape index (κ1) is 13.3. The fourth-order valence-electron chi connectivity index (χ4n) is 2.46. The van der Waals surface area contributed by atoms with Crippen LogP contribution in [0.25, 0.3) is 0 Å². The van der Waals surface area contributed by atoms with Crippen LogP contribution < -0.4 is 10.2 Å². The summed E-state index contributed by atoms with van der Waals surface area (Å²) < 4.78 is 19.5. The van der Waals surface area contributed by atoms with Gasteiger partial charge in [0.2, 0.25) is 0 Å². The Hall–Kier alpha value is -1.13. The van der Waals surface area contributed by atoms with Crippen molar-refractivity contribution in [3.05, 3.63) is 29.6 Å². The summed E-state index contributed by atoms with van der Waals surface area (Å²) in [7, 11) is 1.83. The molecule has 3 nitrogen and oxygen atoms in total. The van der Waals surface area contributed by atoms with E-state index in [4.69, 9.17) is 4.74 Å². The molecule has 0 aromatic heterocycles. The molecule has 1 N–H and O–H groups in total. The van der Waals surface area contributed by atoms with E-state index in [1.807, 2.05) is 13.1 Å². The van der Waals surface area contributed by atoms with Crippen molar-refractivity contribution in [2.24, 2.45) is 0 Å². The number of anilines is 1. The van der Waals surface area contributed by atoms with Crippen molar-refractivity contribution in [1.29, 1.82) is 0 Å². The molecule has 0 spiro atoms. The molecule has 0 amide bonds. The van der Waals surface area contributed by atoms with Gasteiger partial charge in [-0.25, -0.2) is 4.39 Å². The summed E-state index contributed by atoms with van der Waals surface area (Å²) in [5, 5.41) is 3.03. The van der Waals surface area contributed by atoms with E-state index in [1.165, 1.54) is 6.07 Å². The van der Waals surface area contributed by atoms with E-state index < -0.39 is 0 Å². The van der Waals surface area contributed by atoms with E-state index in [1.54, 1.807) is 6.07 Å². The Bertz CT molecular complexity index is 420. The van der Waals surface area contributed by atoms with Gasteiger partial charge in [-0.05, 0) is 33.0 Å². The van der Waals surface area contributed by atoms with Crippen LogP contribution in [-0.4, -0.2) is 32.3 Å². The predicted octanol–water partition coefficient (Wildman–Crippen LogP) is 2.16. The monoisotopic (exact) mass is 252 g/mol. The third kappa shape index (κ3) is 2.49. The van der Waals surface area contributed by atoms with Crippen molar-refractivity contribution < 1.29 is 9.13 Å². The topological polar surface area (TPSA) is 24.5 Å². The highest BCUT2D eigenvalue weighted by Crippen LogP contribution is 2.31. The normalized spacial score (nSPS) is 19.0. The van der Waals surface area contributed by atoms with Crippen LogP contribution in [0.15, 0.2) is 18.2 Å². The van der Waals surface area contributed by atoms with Crippen molar-refractivity contribution in [3.63, 3.8) is 0 Å². The second-order valence-corrected chi connectivity index (χ2v) is 5.28. The van der Waals surface area contributed by atoms with Gasteiger partial charge < -0.3 is 15.0 Å². The third-order valence-corrected chi connectivity index (χ3v) is 3.38. The predicted molar refractivity (Wildman–Crippen MR) is 71.4 cm³/mol. The molecule has 100 valence electrons. The number of hydrogen-bond donors (Lipinski definition) is 1. The summed E-state index contributed by atoms with van der Waals surface area (Å²) in [6.07, 6.45) is 0. The van der Waals surface area contributed by atoms with Crippen LogP contribution in [0.5, 0.6) is 0 Å². The molecule has 0 radical (unpaired) electrons. The van der Waals surface area contributed by atoms with E-state index in [9.17, 15) is 4.39 Å². The molecule has 0 bridgehead atoms. The van der Waals surface area contributed by atoms with Gasteiger partial charge in [-0.3, -0.25) is 0 Å². The summed E-state index contributed by atoms with van der Waals surface area (Å²) in [5.74, 6) is -0.149. The van der Waals surface area contributed by atoms with Crippen LogP contribution in [0.2, 0.25) is 0 Å². The zero-order chi connectivity index (χ0) is 13.2. The van der Waals surface area contributed by atoms with Gasteiger partial charge in [0.25, 0.3) is 0 Å². The van der Waals surface area contributed by atoms with Gasteiger partial charge in [0, 0.05) is 24.3 Å². The largest absolute Gasteiger partial charge is 0.377 e. The zero-order valence-electron chi connectivity index (χ0n) is 11.3. The molecule has 1 aliphatic rings. The van der Waals surface area contributed by atoms with Crippen molar-refractivity contribution in [2.75, 3.05) is 31.7 Å². The van der Waals surface area contributed by atoms with Crippen molar-refractivity contribution in [1.82, 2.24) is 5.32 Å². The number of morpholine rings is 1. The standard InChI is InChI=1S/C14H21FN2O/c1-14(2)10-18-8-7-17(14)13-6-4-5-12(15)11(13)9-16-3/h4-6,16H,7-10H2,1-3H3. The Kier molecular flexibility index (Phi) is 3.88. The van der Waals surface area contributed by atoms with Gasteiger partial charge in [0.05, 0.1) is 18.8 Å². The van der Waals surface area contributed by atoms with Crippen LogP contribution in [-0.2, 0) is 11.3 Å². The number of rotatable bonds is 3. The lowest BCUT2D eigenvalue weighted by Gasteiger charge is -2.44. The molecule has 0 atom stereocenters. The van der Waals surface area contributed by atoms with Gasteiger partial charge >= 0.3 is 0 Å². The van der Waals surface area contributed by atoms with Crippen molar-refractivity contribution >= 4 is 5.69 Å². The lowest BCUT2D eigenvalue weighted by Crippen LogP contribution is -2.53. The zero-order valence-corrected chi connectivity index (χ0v) is 11.3. The van der Waals surface area contributed by atoms with E-state index in [0.717, 1.165) is 17.8 Å². The molecule has 1 aliphatic heterocycles. The molecule has 1 aromatic rings. The molecule has 0 aliphatic carbocycles. The molecule has 2 rings (SSSR count). The van der Waals surface area contributed by atoms with Gasteiger partial charge in [-0.15, -0.1) is 0 Å². The molecule has 4 heteroatoms. The van der Waals surface area contributed by atoms with Crippen molar-refractivity contribution in [3.8, 4) is 0 Å². The Morgan fingerprint density at radius 2 is 2.22 bits per heavy atom. The summed E-state index contributed by atoms with van der Waals surface area (Å²) in [6, 6.07) is 5.28. The van der Waals surface area contributed by atoms with E-state index in [2.05, 4.69) is 24.1 Å². The fourth-order valence-corrected chi connectivity index (χ4v) is 2.46. The van der Waals surface area contributed by atoms with Gasteiger partial charge in [0.15, 0.2) is 0 Å². The average Bonchev–Trinajstić information content (AvgIpc) is 2.32. The van der Waals surface area contributed by atoms with Gasteiger partial charge in [0.1, 0.15) is 5.82 Å². The molecule has 0 unspecified atom stereocenters. The minimum Gasteiger partial charge on any atom is -0.377 e. The highest BCUT2D eigenvalue weighted by atomic mass is 19.1. The first-order valence-corrected chi connectivity index (χ1v) is 6.33. The number of nitrogens with zero attached hydrogens (tertiary/aromatic N) is 1. The maximum Gasteiger partial charge on any atom is 0.129 e. The lowest BCUT2D eigenvalue weighted by atomic mass is 9.99. The van der Waals surface area contributed by atoms with E-state index in [0.29, 0.717) is 19.8 Å². The third-order valence-electron chi connectivity index (χ3n) is 3.38. The van der Waals surface area contributed by atoms with Crippen LogP contribution in [0.1, 0.15) is 19.4 Å². The Morgan fingerprint density at radius 3 is 2.89 bits per heavy atom. The van der Waals surface area contributed by atoms with Crippen LogP contribution in [0.3, 0.4) is 0 Å². The molecule has 1 saturated heterocycles. The Morgan fingerprint density at radius 1 is 1.44 bits per heavy atom. The summed E-state index contributed by atoms with van der Waals surface area (Å²) in [5.41, 5.74) is 1.60. The second kappa shape index (κ2) is 5.24. The molecule has 18 heavy (non-hydrogen) atoms. The number of hydrogen-bond acceptors (Lipinski definition) is 3. The van der Waals surface area contributed by atoms with Crippen LogP contribution >= 0.6 is 0 Å². The molecule has 1 heterocycles. The van der Waals surface area contributed by atoms with E-state index in [-0.39, 0.29) is 11.4 Å². The lowest BCUT2D eigenvalue weighted by molar-refractivity contribution is 0.0642. The number of nitrogens with one attached hydrogen (secondary N) is 1. The molecular weight excluding hydrogens is 231 g/mol. The smallest absolute Gasteiger partial charge is 0.129 e. The maximum atomic E-state index is 13.9. The molecule has 1 aromatic carbocycles. The minimum absolute atomic E-state index is 0.103. The quantitative estimate of drug-likeness (QED) is 0.892. The first-order valence-electron chi connectivity index (χ1n) is 6.33. The highest BCUT2D eigenvalue weighted by Gasteiger charge is 2.32. The summed E-state index contributed by atoms with van der Waals surface area (Å²) >= 11 is 0. The summed E-state index contributed by atoms with van der Waals surface area (Å²) in [6.45, 7) is 6.95. The first-order chi connectivity index (χ1) is 8.56. The number of ether oxygens (including phenoxy) is 1. The van der Waals surface area contributed by atoms with Gasteiger partial charge in [-0.1, -0.05) is 6.07 Å². The molecule has 1 fully saturated rings. The second-order valence-electron chi connectivity index (χ2n) is 5.28. The fraction of sp³-hybridized carbons (Fsp3) is 0.571. The van der Waals surface area contributed by atoms with Gasteiger partial charge in [-0.2, -0.15) is 0 Å². The average molecular weight is 252 g/mol. The molecule has 0 saturated carbocycles. The molecular formula is C14H21FN2O. The highest BCUT2D eigenvalue weighted by molar-refractivity contribution is 5.56. The van der Waals surface area contributed by atoms with Crippen molar-refractivity contribution in [2.45, 2.75) is 25.9 Å².